The Morgan fingerprint density at radius 1 is 1.16 bits per heavy atom. The number of nitrogens with zero attached hydrogens (tertiary/aromatic N) is 3. The summed E-state index contributed by atoms with van der Waals surface area (Å²) in [4.78, 5) is 47.7. The molecule has 0 fully saturated rings. The highest BCUT2D eigenvalue weighted by atomic mass is 16.5. The van der Waals surface area contributed by atoms with E-state index in [1.807, 2.05) is 12.1 Å². The molecule has 8 nitrogen and oxygen atoms in total. The maximum Gasteiger partial charge on any atom is 0.337 e. The molecule has 1 amide bonds. The molecule has 0 bridgehead atoms. The number of ether oxygens (including phenoxy) is 1. The predicted octanol–water partition coefficient (Wildman–Crippen LogP) is 2.56. The highest BCUT2D eigenvalue weighted by molar-refractivity contribution is 5.96. The number of hydrogen-bond acceptors (Lipinski definition) is 5. The number of hydrogen-bond donors (Lipinski definition) is 1. The zero-order valence-electron chi connectivity index (χ0n) is 17.8. The maximum atomic E-state index is 13.2. The summed E-state index contributed by atoms with van der Waals surface area (Å²) in [5.74, 6) is -0.0322. The molecule has 0 aliphatic carbocycles. The van der Waals surface area contributed by atoms with Gasteiger partial charge in [0.2, 0.25) is 5.91 Å². The molecular formula is C24H22N4O4. The highest BCUT2D eigenvalue weighted by Crippen LogP contribution is 2.29. The number of methoxy groups -OCH3 is 1. The van der Waals surface area contributed by atoms with Gasteiger partial charge in [-0.05, 0) is 37.3 Å². The van der Waals surface area contributed by atoms with Crippen LogP contribution in [0.2, 0.25) is 0 Å². The van der Waals surface area contributed by atoms with Gasteiger partial charge in [-0.1, -0.05) is 12.1 Å². The summed E-state index contributed by atoms with van der Waals surface area (Å²) in [6.07, 6.45) is 0.674. The van der Waals surface area contributed by atoms with Crippen LogP contribution in [0.4, 0.5) is 0 Å². The van der Waals surface area contributed by atoms with Crippen molar-refractivity contribution in [2.24, 2.45) is 0 Å². The molecule has 8 heteroatoms. The highest BCUT2D eigenvalue weighted by Gasteiger charge is 2.25. The molecule has 0 atom stereocenters. The Hall–Kier alpha value is -3.94. The van der Waals surface area contributed by atoms with Crippen LogP contribution < -0.4 is 5.56 Å². The largest absolute Gasteiger partial charge is 0.465 e. The number of amides is 1. The van der Waals surface area contributed by atoms with Gasteiger partial charge in [0.1, 0.15) is 12.4 Å². The third-order valence-corrected chi connectivity index (χ3v) is 6.09. The Morgan fingerprint density at radius 2 is 1.97 bits per heavy atom. The van der Waals surface area contributed by atoms with Gasteiger partial charge < -0.3 is 14.6 Å². The normalized spacial score (nSPS) is 13.4. The molecule has 0 unspecified atom stereocenters. The van der Waals surface area contributed by atoms with Gasteiger partial charge in [0, 0.05) is 41.7 Å². The van der Waals surface area contributed by atoms with Gasteiger partial charge in [-0.3, -0.25) is 14.2 Å². The van der Waals surface area contributed by atoms with Crippen molar-refractivity contribution in [1.82, 2.24) is 19.4 Å². The molecule has 0 saturated carbocycles. The molecule has 4 aromatic rings. The Morgan fingerprint density at radius 3 is 2.78 bits per heavy atom. The average Bonchev–Trinajstić information content (AvgIpc) is 3.18. The first-order valence-corrected chi connectivity index (χ1v) is 10.4. The van der Waals surface area contributed by atoms with Crippen molar-refractivity contribution in [3.63, 3.8) is 0 Å². The first kappa shape index (κ1) is 20.0. The summed E-state index contributed by atoms with van der Waals surface area (Å²) in [7, 11) is 1.35. The number of benzene rings is 2. The summed E-state index contributed by atoms with van der Waals surface area (Å²) in [6.45, 7) is 2.64. The van der Waals surface area contributed by atoms with E-state index in [-0.39, 0.29) is 18.0 Å². The second kappa shape index (κ2) is 7.64. The molecule has 1 aliphatic heterocycles. The summed E-state index contributed by atoms with van der Waals surface area (Å²) in [6, 6.07) is 12.5. The fourth-order valence-electron chi connectivity index (χ4n) is 4.37. The number of aryl methyl sites for hydroxylation is 1. The van der Waals surface area contributed by atoms with Crippen LogP contribution in [0.15, 0.2) is 47.3 Å². The van der Waals surface area contributed by atoms with Gasteiger partial charge >= 0.3 is 5.97 Å². The molecule has 1 aliphatic rings. The van der Waals surface area contributed by atoms with Gasteiger partial charge in [0.15, 0.2) is 0 Å². The van der Waals surface area contributed by atoms with Gasteiger partial charge in [-0.15, -0.1) is 0 Å². The van der Waals surface area contributed by atoms with E-state index in [4.69, 9.17) is 4.74 Å². The second-order valence-electron chi connectivity index (χ2n) is 7.97. The lowest BCUT2D eigenvalue weighted by Gasteiger charge is -2.28. The summed E-state index contributed by atoms with van der Waals surface area (Å²) in [5, 5.41) is 1.40. The van der Waals surface area contributed by atoms with Crippen LogP contribution in [-0.2, 0) is 29.0 Å². The zero-order chi connectivity index (χ0) is 22.4. The van der Waals surface area contributed by atoms with E-state index < -0.39 is 5.97 Å². The second-order valence-corrected chi connectivity index (χ2v) is 7.97. The fraction of sp³-hybridized carbons (Fsp3) is 0.250. The molecule has 2 aromatic heterocycles. The standard InChI is InChI=1S/C24H22N4O4/c1-14-25-19-6-4-3-5-16(19)23(30)28(14)13-22(29)27-10-9-21-18(12-27)17-11-15(24(31)32-2)7-8-20(17)26-21/h3-8,11,26H,9-10,12-13H2,1-2H3. The van der Waals surface area contributed by atoms with Gasteiger partial charge in [0.05, 0.1) is 23.6 Å². The number of aromatic nitrogens is 3. The number of fused-ring (bicyclic) bond motifs is 4. The van der Waals surface area contributed by atoms with Crippen LogP contribution in [0, 0.1) is 6.92 Å². The molecular weight excluding hydrogens is 408 g/mol. The lowest BCUT2D eigenvalue weighted by atomic mass is 10.0. The van der Waals surface area contributed by atoms with Crippen molar-refractivity contribution in [2.45, 2.75) is 26.4 Å². The van der Waals surface area contributed by atoms with Crippen molar-refractivity contribution in [3.8, 4) is 0 Å². The van der Waals surface area contributed by atoms with Crippen LogP contribution in [0.3, 0.4) is 0 Å². The third kappa shape index (κ3) is 3.24. The molecule has 3 heterocycles. The maximum absolute atomic E-state index is 13.2. The first-order valence-electron chi connectivity index (χ1n) is 10.4. The molecule has 162 valence electrons. The van der Waals surface area contributed by atoms with E-state index in [2.05, 4.69) is 9.97 Å². The Labute approximate surface area is 183 Å². The van der Waals surface area contributed by atoms with E-state index in [0.717, 1.165) is 22.2 Å². The first-order chi connectivity index (χ1) is 15.5. The lowest BCUT2D eigenvalue weighted by molar-refractivity contribution is -0.132. The minimum Gasteiger partial charge on any atom is -0.465 e. The minimum atomic E-state index is -0.399. The Bertz CT molecular complexity index is 1450. The number of carbonyl (C=O) groups excluding carboxylic acids is 2. The molecule has 2 aromatic carbocycles. The monoisotopic (exact) mass is 430 g/mol. The van der Waals surface area contributed by atoms with Gasteiger partial charge in [0.25, 0.3) is 5.56 Å². The van der Waals surface area contributed by atoms with Crippen LogP contribution in [0.25, 0.3) is 21.8 Å². The minimum absolute atomic E-state index is 0.0619. The van der Waals surface area contributed by atoms with E-state index in [0.29, 0.717) is 41.8 Å². The van der Waals surface area contributed by atoms with E-state index in [9.17, 15) is 14.4 Å². The number of para-hydroxylation sites is 1. The van der Waals surface area contributed by atoms with E-state index in [1.54, 1.807) is 42.2 Å². The van der Waals surface area contributed by atoms with Crippen molar-refractivity contribution in [1.29, 1.82) is 0 Å². The predicted molar refractivity (Wildman–Crippen MR) is 119 cm³/mol. The van der Waals surface area contributed by atoms with Gasteiger partial charge in [-0.25, -0.2) is 9.78 Å². The Balaban J connectivity index is 1.45. The molecule has 0 spiro atoms. The fourth-order valence-corrected chi connectivity index (χ4v) is 4.37. The van der Waals surface area contributed by atoms with Crippen molar-refractivity contribution in [2.75, 3.05) is 13.7 Å². The van der Waals surface area contributed by atoms with Crippen molar-refractivity contribution >= 4 is 33.7 Å². The van der Waals surface area contributed by atoms with E-state index >= 15 is 0 Å². The number of aromatic amines is 1. The number of rotatable bonds is 3. The van der Waals surface area contributed by atoms with Crippen LogP contribution in [0.1, 0.15) is 27.4 Å². The quantitative estimate of drug-likeness (QED) is 0.504. The molecule has 5 rings (SSSR count). The summed E-state index contributed by atoms with van der Waals surface area (Å²) >= 11 is 0. The Kier molecular flexibility index (Phi) is 4.77. The number of esters is 1. The topological polar surface area (TPSA) is 97.3 Å². The molecule has 1 N–H and O–H groups in total. The smallest absolute Gasteiger partial charge is 0.337 e. The SMILES string of the molecule is COC(=O)c1ccc2[nH]c3c(c2c1)CN(C(=O)Cn1c(C)nc2ccccc2c1=O)CC3. The molecule has 32 heavy (non-hydrogen) atoms. The van der Waals surface area contributed by atoms with Crippen LogP contribution in [0.5, 0.6) is 0 Å². The van der Waals surface area contributed by atoms with Crippen molar-refractivity contribution < 1.29 is 14.3 Å². The molecule has 0 radical (unpaired) electrons. The number of nitrogens with one attached hydrogen (secondary N) is 1. The summed E-state index contributed by atoms with van der Waals surface area (Å²) in [5.41, 5.74) is 3.85. The molecule has 0 saturated heterocycles. The van der Waals surface area contributed by atoms with E-state index in [1.165, 1.54) is 11.7 Å². The zero-order valence-corrected chi connectivity index (χ0v) is 17.8. The number of H-pyrrole nitrogens is 1. The summed E-state index contributed by atoms with van der Waals surface area (Å²) < 4.78 is 6.27. The van der Waals surface area contributed by atoms with Gasteiger partial charge in [-0.2, -0.15) is 0 Å². The number of carbonyl (C=O) groups is 2. The van der Waals surface area contributed by atoms with Crippen LogP contribution in [-0.4, -0.2) is 45.0 Å². The average molecular weight is 430 g/mol. The lowest BCUT2D eigenvalue weighted by Crippen LogP contribution is -2.40. The van der Waals surface area contributed by atoms with Crippen molar-refractivity contribution in [3.05, 3.63) is 75.5 Å². The third-order valence-electron chi connectivity index (χ3n) is 6.09. The van der Waals surface area contributed by atoms with Crippen LogP contribution >= 0.6 is 0 Å².